The van der Waals surface area contributed by atoms with Gasteiger partial charge >= 0.3 is 6.18 Å². The van der Waals surface area contributed by atoms with Gasteiger partial charge in [0.1, 0.15) is 0 Å². The highest BCUT2D eigenvalue weighted by Crippen LogP contribution is 2.31. The summed E-state index contributed by atoms with van der Waals surface area (Å²) in [6.45, 7) is 4.57. The van der Waals surface area contributed by atoms with E-state index in [1.165, 1.54) is 12.1 Å². The topological polar surface area (TPSA) is 24.9 Å². The Bertz CT molecular complexity index is 591. The van der Waals surface area contributed by atoms with E-state index in [4.69, 9.17) is 0 Å². The Balaban J connectivity index is 2.34. The quantitative estimate of drug-likeness (QED) is 0.918. The molecule has 1 atom stereocenters. The maximum Gasteiger partial charge on any atom is 0.416 e. The number of pyridine rings is 1. The van der Waals surface area contributed by atoms with Crippen molar-refractivity contribution in [3.8, 4) is 0 Å². The van der Waals surface area contributed by atoms with Crippen LogP contribution in [0.3, 0.4) is 0 Å². The van der Waals surface area contributed by atoms with E-state index in [9.17, 15) is 13.2 Å². The molecule has 21 heavy (non-hydrogen) atoms. The molecule has 0 saturated carbocycles. The maximum absolute atomic E-state index is 12.6. The molecule has 0 aliphatic carbocycles. The fourth-order valence-electron chi connectivity index (χ4n) is 2.24. The first-order valence-electron chi connectivity index (χ1n) is 6.75. The van der Waals surface area contributed by atoms with Crippen LogP contribution in [0.5, 0.6) is 0 Å². The van der Waals surface area contributed by atoms with E-state index in [1.54, 1.807) is 6.20 Å². The van der Waals surface area contributed by atoms with Crippen molar-refractivity contribution >= 4 is 0 Å². The van der Waals surface area contributed by atoms with Crippen molar-refractivity contribution in [2.24, 2.45) is 0 Å². The highest BCUT2D eigenvalue weighted by Gasteiger charge is 2.30. The molecular formula is C16H17F3N2. The van der Waals surface area contributed by atoms with Crippen molar-refractivity contribution in [3.05, 3.63) is 65.0 Å². The summed E-state index contributed by atoms with van der Waals surface area (Å²) < 4.78 is 37.9. The smallest absolute Gasteiger partial charge is 0.307 e. The lowest BCUT2D eigenvalue weighted by atomic mass is 9.98. The van der Waals surface area contributed by atoms with Gasteiger partial charge in [-0.25, -0.2) is 0 Å². The summed E-state index contributed by atoms with van der Waals surface area (Å²) in [4.78, 5) is 4.15. The van der Waals surface area contributed by atoms with E-state index in [0.29, 0.717) is 6.54 Å². The van der Waals surface area contributed by atoms with E-state index >= 15 is 0 Å². The predicted molar refractivity (Wildman–Crippen MR) is 75.9 cm³/mol. The summed E-state index contributed by atoms with van der Waals surface area (Å²) >= 11 is 0. The largest absolute Gasteiger partial charge is 0.416 e. The van der Waals surface area contributed by atoms with Crippen molar-refractivity contribution < 1.29 is 13.2 Å². The van der Waals surface area contributed by atoms with Gasteiger partial charge in [0, 0.05) is 11.9 Å². The van der Waals surface area contributed by atoms with Crippen molar-refractivity contribution in [2.45, 2.75) is 26.1 Å². The fourth-order valence-corrected chi connectivity index (χ4v) is 2.24. The van der Waals surface area contributed by atoms with Gasteiger partial charge in [-0.1, -0.05) is 19.1 Å². The number of aryl methyl sites for hydroxylation is 1. The molecule has 0 spiro atoms. The highest BCUT2D eigenvalue weighted by molar-refractivity contribution is 5.34. The molecule has 0 aliphatic rings. The van der Waals surface area contributed by atoms with Crippen LogP contribution < -0.4 is 5.32 Å². The zero-order valence-corrected chi connectivity index (χ0v) is 11.9. The zero-order chi connectivity index (χ0) is 15.5. The number of alkyl halides is 3. The number of rotatable bonds is 4. The summed E-state index contributed by atoms with van der Waals surface area (Å²) in [6, 6.07) is 8.95. The zero-order valence-electron chi connectivity index (χ0n) is 11.9. The minimum Gasteiger partial charge on any atom is -0.307 e. The van der Waals surface area contributed by atoms with Crippen LogP contribution in [0, 0.1) is 6.92 Å². The number of hydrogen-bond donors (Lipinski definition) is 1. The molecule has 2 rings (SSSR count). The van der Waals surface area contributed by atoms with Crippen molar-refractivity contribution in [3.63, 3.8) is 0 Å². The van der Waals surface area contributed by atoms with Gasteiger partial charge in [-0.05, 0) is 48.9 Å². The van der Waals surface area contributed by atoms with Gasteiger partial charge < -0.3 is 5.32 Å². The second-order valence-corrected chi connectivity index (χ2v) is 4.84. The Morgan fingerprint density at radius 3 is 2.29 bits per heavy atom. The van der Waals surface area contributed by atoms with Crippen LogP contribution >= 0.6 is 0 Å². The molecule has 2 nitrogen and oxygen atoms in total. The predicted octanol–water partition coefficient (Wildman–Crippen LogP) is 4.11. The van der Waals surface area contributed by atoms with Gasteiger partial charge in [-0.2, -0.15) is 13.2 Å². The third-order valence-corrected chi connectivity index (χ3v) is 3.23. The summed E-state index contributed by atoms with van der Waals surface area (Å²) in [5, 5.41) is 3.29. The van der Waals surface area contributed by atoms with Crippen molar-refractivity contribution in [2.75, 3.05) is 6.54 Å². The molecule has 112 valence electrons. The normalized spacial score (nSPS) is 13.2. The molecule has 1 heterocycles. The average Bonchev–Trinajstić information content (AvgIpc) is 2.44. The number of nitrogens with zero attached hydrogens (tertiary/aromatic N) is 1. The van der Waals surface area contributed by atoms with E-state index in [0.717, 1.165) is 29.0 Å². The molecule has 0 fully saturated rings. The van der Waals surface area contributed by atoms with Crippen molar-refractivity contribution in [1.82, 2.24) is 10.3 Å². The fraction of sp³-hybridized carbons (Fsp3) is 0.312. The third-order valence-electron chi connectivity index (χ3n) is 3.23. The first-order chi connectivity index (χ1) is 9.91. The van der Waals surface area contributed by atoms with Crippen LogP contribution in [-0.2, 0) is 6.18 Å². The van der Waals surface area contributed by atoms with Crippen LogP contribution in [0.25, 0.3) is 0 Å². The van der Waals surface area contributed by atoms with Crippen LogP contribution in [0.1, 0.15) is 35.3 Å². The molecular weight excluding hydrogens is 277 g/mol. The Labute approximate surface area is 122 Å². The first kappa shape index (κ1) is 15.5. The van der Waals surface area contributed by atoms with E-state index in [-0.39, 0.29) is 6.04 Å². The van der Waals surface area contributed by atoms with Gasteiger partial charge in [-0.15, -0.1) is 0 Å². The van der Waals surface area contributed by atoms with Gasteiger partial charge in [0.05, 0.1) is 11.6 Å². The van der Waals surface area contributed by atoms with Crippen LogP contribution in [0.2, 0.25) is 0 Å². The minimum atomic E-state index is -4.31. The Hall–Kier alpha value is -1.88. The lowest BCUT2D eigenvalue weighted by Crippen LogP contribution is -2.22. The second kappa shape index (κ2) is 6.26. The number of benzene rings is 1. The monoisotopic (exact) mass is 294 g/mol. The molecule has 0 bridgehead atoms. The van der Waals surface area contributed by atoms with Gasteiger partial charge in [-0.3, -0.25) is 4.98 Å². The SMILES string of the molecule is CCNC(c1ccc(C(F)(F)F)cc1)c1ccnc(C)c1. The lowest BCUT2D eigenvalue weighted by Gasteiger charge is -2.20. The summed E-state index contributed by atoms with van der Waals surface area (Å²) in [6.07, 6.45) is -2.60. The van der Waals surface area contributed by atoms with Crippen LogP contribution in [-0.4, -0.2) is 11.5 Å². The second-order valence-electron chi connectivity index (χ2n) is 4.84. The van der Waals surface area contributed by atoms with Crippen LogP contribution in [0.4, 0.5) is 13.2 Å². The van der Waals surface area contributed by atoms with Gasteiger partial charge in [0.25, 0.3) is 0 Å². The first-order valence-corrected chi connectivity index (χ1v) is 6.75. The molecule has 0 saturated heterocycles. The summed E-state index contributed by atoms with van der Waals surface area (Å²) in [7, 11) is 0. The molecule has 1 aromatic heterocycles. The molecule has 1 aromatic carbocycles. The third kappa shape index (κ3) is 3.82. The van der Waals surface area contributed by atoms with Gasteiger partial charge in [0.15, 0.2) is 0 Å². The Kier molecular flexibility index (Phi) is 4.63. The molecule has 5 heteroatoms. The van der Waals surface area contributed by atoms with Gasteiger partial charge in [0.2, 0.25) is 0 Å². The number of nitrogens with one attached hydrogen (secondary N) is 1. The van der Waals surface area contributed by atoms with Crippen LogP contribution in [0.15, 0.2) is 42.6 Å². The van der Waals surface area contributed by atoms with E-state index in [2.05, 4.69) is 10.3 Å². The molecule has 0 radical (unpaired) electrons. The van der Waals surface area contributed by atoms with Crippen molar-refractivity contribution in [1.29, 1.82) is 0 Å². The molecule has 1 unspecified atom stereocenters. The summed E-state index contributed by atoms with van der Waals surface area (Å²) in [5.41, 5.74) is 2.04. The number of hydrogen-bond acceptors (Lipinski definition) is 2. The molecule has 0 amide bonds. The number of halogens is 3. The maximum atomic E-state index is 12.6. The molecule has 2 aromatic rings. The minimum absolute atomic E-state index is 0.140. The van der Waals surface area contributed by atoms with E-state index in [1.807, 2.05) is 26.0 Å². The van der Waals surface area contributed by atoms with E-state index < -0.39 is 11.7 Å². The Morgan fingerprint density at radius 2 is 1.76 bits per heavy atom. The molecule has 1 N–H and O–H groups in total. The highest BCUT2D eigenvalue weighted by atomic mass is 19.4. The molecule has 0 aliphatic heterocycles. The Morgan fingerprint density at radius 1 is 1.10 bits per heavy atom. The summed E-state index contributed by atoms with van der Waals surface area (Å²) in [5.74, 6) is 0. The lowest BCUT2D eigenvalue weighted by molar-refractivity contribution is -0.137. The average molecular weight is 294 g/mol. The standard InChI is InChI=1S/C16H17F3N2/c1-3-20-15(13-8-9-21-11(2)10-13)12-4-6-14(7-5-12)16(17,18)19/h4-10,15,20H,3H2,1-2H3. The number of aromatic nitrogens is 1.